The van der Waals surface area contributed by atoms with Gasteiger partial charge in [0.2, 0.25) is 0 Å². The second-order valence-electron chi connectivity index (χ2n) is 4.55. The van der Waals surface area contributed by atoms with Crippen LogP contribution in [0.25, 0.3) is 5.69 Å². The van der Waals surface area contributed by atoms with E-state index in [1.54, 1.807) is 6.92 Å². The molecule has 0 N–H and O–H groups in total. The van der Waals surface area contributed by atoms with Gasteiger partial charge in [-0.15, -0.1) is 0 Å². The molecule has 0 aliphatic carbocycles. The van der Waals surface area contributed by atoms with Crippen molar-refractivity contribution in [3.8, 4) is 5.69 Å². The van der Waals surface area contributed by atoms with Gasteiger partial charge in [0, 0.05) is 31.9 Å². The molecule has 0 aliphatic rings. The molecule has 9 heteroatoms. The van der Waals surface area contributed by atoms with Gasteiger partial charge < -0.3 is 4.57 Å². The van der Waals surface area contributed by atoms with Crippen LogP contribution >= 0.6 is 0 Å². The van der Waals surface area contributed by atoms with E-state index in [2.05, 4.69) is 0 Å². The Morgan fingerprint density at radius 1 is 1.09 bits per heavy atom. The standard InChI is InChI=1S/C13H12F3N3O3/c1-3-18-7-8(4-5-10(18)20)19-11(21)6-9(13(14,15)16)17(2)12(19)22/h4-7H,3H2,1-2H3. The summed E-state index contributed by atoms with van der Waals surface area (Å²) in [6, 6.07) is 2.70. The Morgan fingerprint density at radius 2 is 1.73 bits per heavy atom. The van der Waals surface area contributed by atoms with Gasteiger partial charge in [0.25, 0.3) is 11.1 Å². The topological polar surface area (TPSA) is 66.0 Å². The van der Waals surface area contributed by atoms with Crippen molar-refractivity contribution in [2.24, 2.45) is 7.05 Å². The maximum Gasteiger partial charge on any atom is 0.431 e. The molecule has 0 aromatic carbocycles. The number of nitrogens with zero attached hydrogens (tertiary/aromatic N) is 3. The lowest BCUT2D eigenvalue weighted by atomic mass is 10.3. The van der Waals surface area contributed by atoms with Crippen LogP contribution in [0, 0.1) is 0 Å². The highest BCUT2D eigenvalue weighted by Gasteiger charge is 2.35. The Balaban J connectivity index is 2.79. The molecule has 118 valence electrons. The lowest BCUT2D eigenvalue weighted by Gasteiger charge is -2.14. The van der Waals surface area contributed by atoms with E-state index < -0.39 is 23.1 Å². The highest BCUT2D eigenvalue weighted by molar-refractivity contribution is 5.29. The molecular formula is C13H12F3N3O3. The van der Waals surface area contributed by atoms with Gasteiger partial charge in [-0.05, 0) is 13.0 Å². The molecule has 0 bridgehead atoms. The number of alkyl halides is 3. The summed E-state index contributed by atoms with van der Waals surface area (Å²) in [5.74, 6) is 0. The molecule has 22 heavy (non-hydrogen) atoms. The van der Waals surface area contributed by atoms with Gasteiger partial charge in [0.05, 0.1) is 5.69 Å². The van der Waals surface area contributed by atoms with E-state index in [1.807, 2.05) is 0 Å². The average molecular weight is 315 g/mol. The third-order valence-electron chi connectivity index (χ3n) is 3.18. The number of aromatic nitrogens is 3. The summed E-state index contributed by atoms with van der Waals surface area (Å²) in [5.41, 5.74) is -3.90. The monoisotopic (exact) mass is 315 g/mol. The molecule has 0 unspecified atom stereocenters. The zero-order valence-electron chi connectivity index (χ0n) is 11.7. The predicted octanol–water partition coefficient (Wildman–Crippen LogP) is 0.737. The van der Waals surface area contributed by atoms with Crippen molar-refractivity contribution < 1.29 is 13.2 Å². The summed E-state index contributed by atoms with van der Waals surface area (Å²) in [5, 5.41) is 0. The minimum Gasteiger partial charge on any atom is -0.314 e. The second kappa shape index (κ2) is 5.32. The molecule has 6 nitrogen and oxygen atoms in total. The minimum absolute atomic E-state index is 0.0285. The van der Waals surface area contributed by atoms with E-state index in [9.17, 15) is 27.6 Å². The maximum atomic E-state index is 12.8. The lowest BCUT2D eigenvalue weighted by molar-refractivity contribution is -0.144. The molecule has 0 amide bonds. The normalized spacial score (nSPS) is 11.7. The molecule has 0 saturated carbocycles. The highest BCUT2D eigenvalue weighted by Crippen LogP contribution is 2.26. The van der Waals surface area contributed by atoms with Crippen molar-refractivity contribution in [3.63, 3.8) is 0 Å². The Bertz CT molecular complexity index is 890. The first kappa shape index (κ1) is 15.8. The van der Waals surface area contributed by atoms with E-state index in [-0.39, 0.29) is 11.2 Å². The van der Waals surface area contributed by atoms with Gasteiger partial charge >= 0.3 is 11.9 Å². The molecule has 0 radical (unpaired) electrons. The average Bonchev–Trinajstić information content (AvgIpc) is 2.43. The van der Waals surface area contributed by atoms with E-state index in [0.717, 1.165) is 13.1 Å². The zero-order chi connectivity index (χ0) is 16.7. The van der Waals surface area contributed by atoms with Gasteiger partial charge in [-0.3, -0.25) is 14.2 Å². The van der Waals surface area contributed by atoms with E-state index in [0.29, 0.717) is 21.7 Å². The summed E-state index contributed by atoms with van der Waals surface area (Å²) in [6.45, 7) is 1.97. The lowest BCUT2D eigenvalue weighted by Crippen LogP contribution is -2.41. The number of pyridine rings is 1. The van der Waals surface area contributed by atoms with Crippen LogP contribution in [0.5, 0.6) is 0 Å². The first-order valence-electron chi connectivity index (χ1n) is 6.28. The van der Waals surface area contributed by atoms with Crippen LogP contribution in [0.3, 0.4) is 0 Å². The van der Waals surface area contributed by atoms with E-state index >= 15 is 0 Å². The summed E-state index contributed by atoms with van der Waals surface area (Å²) >= 11 is 0. The van der Waals surface area contributed by atoms with Crippen LogP contribution in [0.2, 0.25) is 0 Å². The van der Waals surface area contributed by atoms with Crippen LogP contribution in [0.1, 0.15) is 12.6 Å². The summed E-state index contributed by atoms with van der Waals surface area (Å²) in [7, 11) is 0.928. The van der Waals surface area contributed by atoms with Crippen molar-refractivity contribution in [1.29, 1.82) is 0 Å². The molecule has 0 atom stereocenters. The summed E-state index contributed by atoms with van der Waals surface area (Å²) in [4.78, 5) is 35.5. The van der Waals surface area contributed by atoms with Crippen LogP contribution in [-0.4, -0.2) is 13.7 Å². The van der Waals surface area contributed by atoms with Crippen LogP contribution in [0.15, 0.2) is 38.8 Å². The molecule has 0 aliphatic heterocycles. The first-order chi connectivity index (χ1) is 10.2. The third kappa shape index (κ3) is 2.61. The number of hydrogen-bond acceptors (Lipinski definition) is 3. The predicted molar refractivity (Wildman–Crippen MR) is 72.2 cm³/mol. The van der Waals surface area contributed by atoms with Crippen molar-refractivity contribution in [2.45, 2.75) is 19.6 Å². The Labute approximate surface area is 121 Å². The smallest absolute Gasteiger partial charge is 0.314 e. The number of aryl methyl sites for hydroxylation is 1. The molecule has 2 rings (SSSR count). The number of hydrogen-bond donors (Lipinski definition) is 0. The van der Waals surface area contributed by atoms with Crippen molar-refractivity contribution in [1.82, 2.24) is 13.7 Å². The van der Waals surface area contributed by atoms with Crippen molar-refractivity contribution in [3.05, 3.63) is 61.3 Å². The molecule has 0 fully saturated rings. The quantitative estimate of drug-likeness (QED) is 0.821. The fraction of sp³-hybridized carbons (Fsp3) is 0.308. The van der Waals surface area contributed by atoms with Gasteiger partial charge in [-0.25, -0.2) is 9.36 Å². The number of rotatable bonds is 2. The largest absolute Gasteiger partial charge is 0.431 e. The molecular weight excluding hydrogens is 303 g/mol. The minimum atomic E-state index is -4.81. The van der Waals surface area contributed by atoms with Gasteiger partial charge in [-0.1, -0.05) is 0 Å². The highest BCUT2D eigenvalue weighted by atomic mass is 19.4. The molecule has 2 heterocycles. The molecule has 2 aromatic heterocycles. The van der Waals surface area contributed by atoms with Crippen LogP contribution in [-0.2, 0) is 19.8 Å². The fourth-order valence-corrected chi connectivity index (χ4v) is 2.03. The maximum absolute atomic E-state index is 12.8. The molecule has 0 saturated heterocycles. The first-order valence-corrected chi connectivity index (χ1v) is 6.28. The Morgan fingerprint density at radius 3 is 2.27 bits per heavy atom. The van der Waals surface area contributed by atoms with E-state index in [1.165, 1.54) is 16.8 Å². The van der Waals surface area contributed by atoms with Crippen molar-refractivity contribution in [2.75, 3.05) is 0 Å². The zero-order valence-corrected chi connectivity index (χ0v) is 11.7. The van der Waals surface area contributed by atoms with Crippen LogP contribution < -0.4 is 16.8 Å². The Kier molecular flexibility index (Phi) is 3.82. The summed E-state index contributed by atoms with van der Waals surface area (Å²) in [6.07, 6.45) is -3.56. The second-order valence-corrected chi connectivity index (χ2v) is 4.55. The van der Waals surface area contributed by atoms with Gasteiger partial charge in [0.15, 0.2) is 0 Å². The fourth-order valence-electron chi connectivity index (χ4n) is 2.03. The summed E-state index contributed by atoms with van der Waals surface area (Å²) < 4.78 is 40.5. The van der Waals surface area contributed by atoms with Crippen molar-refractivity contribution >= 4 is 0 Å². The SMILES string of the molecule is CCn1cc(-n2c(=O)cc(C(F)(F)F)n(C)c2=O)ccc1=O. The van der Waals surface area contributed by atoms with Gasteiger partial charge in [-0.2, -0.15) is 13.2 Å². The van der Waals surface area contributed by atoms with Crippen LogP contribution in [0.4, 0.5) is 13.2 Å². The third-order valence-corrected chi connectivity index (χ3v) is 3.18. The molecule has 2 aromatic rings. The Hall–Kier alpha value is -2.58. The molecule has 0 spiro atoms. The van der Waals surface area contributed by atoms with E-state index in [4.69, 9.17) is 0 Å². The van der Waals surface area contributed by atoms with Gasteiger partial charge in [0.1, 0.15) is 5.69 Å². The number of halogens is 3.